The summed E-state index contributed by atoms with van der Waals surface area (Å²) < 4.78 is 16.4. The van der Waals surface area contributed by atoms with Crippen LogP contribution in [-0.2, 0) is 6.42 Å². The van der Waals surface area contributed by atoms with Crippen molar-refractivity contribution in [2.45, 2.75) is 32.2 Å². The van der Waals surface area contributed by atoms with Crippen molar-refractivity contribution in [2.75, 3.05) is 26.6 Å². The molecule has 9 heteroatoms. The Bertz CT molecular complexity index is 1360. The third-order valence-electron chi connectivity index (χ3n) is 5.95. The standard InChI is InChI=1S/C28H31N5O4/c1-18(9-8-12-19-10-6-5-7-11-19)30-28(34)33-24-16-14-21-27(32-24)31-22(17-29-21)20-13-15-23(35-2)26(37-4)25(20)36-3/h5-7,10-11,13-18H,8-9,12H2,1-4H3,(H2,30,31,32,33,34)/t18-/m1/s1. The van der Waals surface area contributed by atoms with Crippen LogP contribution in [0.4, 0.5) is 10.6 Å². The van der Waals surface area contributed by atoms with Crippen LogP contribution in [0, 0.1) is 0 Å². The average molecular weight is 502 g/mol. The number of fused-ring (bicyclic) bond motifs is 1. The lowest BCUT2D eigenvalue weighted by molar-refractivity contribution is 0.248. The number of hydrogen-bond donors (Lipinski definition) is 2. The predicted molar refractivity (Wildman–Crippen MR) is 143 cm³/mol. The second-order valence-corrected chi connectivity index (χ2v) is 8.55. The first-order chi connectivity index (χ1) is 18.0. The molecule has 0 saturated carbocycles. The Morgan fingerprint density at radius 3 is 2.43 bits per heavy atom. The zero-order valence-electron chi connectivity index (χ0n) is 21.4. The van der Waals surface area contributed by atoms with E-state index in [9.17, 15) is 4.79 Å². The van der Waals surface area contributed by atoms with Crippen molar-refractivity contribution in [2.24, 2.45) is 0 Å². The molecule has 0 radical (unpaired) electrons. The van der Waals surface area contributed by atoms with Crippen LogP contribution < -0.4 is 24.8 Å². The van der Waals surface area contributed by atoms with Crippen molar-refractivity contribution in [1.29, 1.82) is 0 Å². The van der Waals surface area contributed by atoms with Gasteiger partial charge in [-0.15, -0.1) is 0 Å². The number of hydrogen-bond acceptors (Lipinski definition) is 7. The van der Waals surface area contributed by atoms with Gasteiger partial charge in [-0.1, -0.05) is 30.3 Å². The van der Waals surface area contributed by atoms with Gasteiger partial charge in [0.25, 0.3) is 0 Å². The Hall–Kier alpha value is -4.40. The van der Waals surface area contributed by atoms with Gasteiger partial charge in [0, 0.05) is 11.6 Å². The molecule has 9 nitrogen and oxygen atoms in total. The molecular weight excluding hydrogens is 470 g/mol. The molecule has 2 heterocycles. The van der Waals surface area contributed by atoms with Crippen LogP contribution in [-0.4, -0.2) is 48.4 Å². The van der Waals surface area contributed by atoms with Crippen molar-refractivity contribution < 1.29 is 19.0 Å². The summed E-state index contributed by atoms with van der Waals surface area (Å²) in [4.78, 5) is 26.2. The maximum Gasteiger partial charge on any atom is 0.320 e. The van der Waals surface area contributed by atoms with Crippen LogP contribution >= 0.6 is 0 Å². The van der Waals surface area contributed by atoms with E-state index in [0.717, 1.165) is 19.3 Å². The van der Waals surface area contributed by atoms with E-state index in [2.05, 4.69) is 37.7 Å². The van der Waals surface area contributed by atoms with Gasteiger partial charge in [0.1, 0.15) is 11.3 Å². The Balaban J connectivity index is 1.44. The fourth-order valence-electron chi connectivity index (χ4n) is 4.11. The molecule has 0 fully saturated rings. The highest BCUT2D eigenvalue weighted by molar-refractivity contribution is 5.89. The SMILES string of the molecule is COc1ccc(-c2cnc3ccc(NC(=O)N[C@H](C)CCCc4ccccc4)nc3n2)c(OC)c1OC. The second-order valence-electron chi connectivity index (χ2n) is 8.55. The lowest BCUT2D eigenvalue weighted by Gasteiger charge is -2.15. The number of aryl methyl sites for hydroxylation is 1. The summed E-state index contributed by atoms with van der Waals surface area (Å²) in [5, 5.41) is 5.77. The minimum Gasteiger partial charge on any atom is -0.493 e. The Labute approximate surface area is 216 Å². The number of methoxy groups -OCH3 is 3. The molecule has 1 atom stereocenters. The van der Waals surface area contributed by atoms with Gasteiger partial charge in [-0.25, -0.2) is 14.8 Å². The summed E-state index contributed by atoms with van der Waals surface area (Å²) in [6.07, 6.45) is 4.48. The third kappa shape index (κ3) is 6.24. The summed E-state index contributed by atoms with van der Waals surface area (Å²) in [5.41, 5.74) is 3.51. The monoisotopic (exact) mass is 501 g/mol. The molecule has 0 spiro atoms. The van der Waals surface area contributed by atoms with E-state index >= 15 is 0 Å². The zero-order chi connectivity index (χ0) is 26.2. The molecule has 37 heavy (non-hydrogen) atoms. The molecule has 0 aliphatic rings. The van der Waals surface area contributed by atoms with E-state index in [0.29, 0.717) is 45.5 Å². The Kier molecular flexibility index (Phi) is 8.35. The molecule has 4 aromatic rings. The van der Waals surface area contributed by atoms with E-state index in [-0.39, 0.29) is 12.1 Å². The van der Waals surface area contributed by atoms with E-state index in [4.69, 9.17) is 14.2 Å². The lowest BCUT2D eigenvalue weighted by atomic mass is 10.1. The molecule has 0 saturated heterocycles. The van der Waals surface area contributed by atoms with Gasteiger partial charge < -0.3 is 19.5 Å². The van der Waals surface area contributed by atoms with E-state index in [1.54, 1.807) is 45.7 Å². The van der Waals surface area contributed by atoms with Gasteiger partial charge in [-0.2, -0.15) is 0 Å². The van der Waals surface area contributed by atoms with Crippen LogP contribution in [0.1, 0.15) is 25.3 Å². The predicted octanol–water partition coefficient (Wildman–Crippen LogP) is 5.25. The zero-order valence-corrected chi connectivity index (χ0v) is 21.4. The van der Waals surface area contributed by atoms with Crippen LogP contribution in [0.15, 0.2) is 60.8 Å². The van der Waals surface area contributed by atoms with Gasteiger partial charge in [0.15, 0.2) is 17.1 Å². The summed E-state index contributed by atoms with van der Waals surface area (Å²) in [7, 11) is 4.66. The number of carbonyl (C=O) groups excluding carboxylic acids is 1. The molecule has 4 rings (SSSR count). The smallest absolute Gasteiger partial charge is 0.320 e. The molecule has 0 unspecified atom stereocenters. The fraction of sp³-hybridized carbons (Fsp3) is 0.286. The highest BCUT2D eigenvalue weighted by atomic mass is 16.5. The summed E-state index contributed by atoms with van der Waals surface area (Å²) in [6, 6.07) is 17.1. The fourth-order valence-corrected chi connectivity index (χ4v) is 4.11. The number of amides is 2. The Morgan fingerprint density at radius 1 is 0.919 bits per heavy atom. The topological polar surface area (TPSA) is 107 Å². The van der Waals surface area contributed by atoms with Crippen molar-refractivity contribution >= 4 is 23.0 Å². The summed E-state index contributed by atoms with van der Waals surface area (Å²) in [5.74, 6) is 1.86. The van der Waals surface area contributed by atoms with E-state index in [1.165, 1.54) is 5.56 Å². The number of urea groups is 1. The van der Waals surface area contributed by atoms with Gasteiger partial charge in [-0.3, -0.25) is 10.3 Å². The molecule has 2 amide bonds. The number of nitrogens with zero attached hydrogens (tertiary/aromatic N) is 3. The van der Waals surface area contributed by atoms with Gasteiger partial charge >= 0.3 is 6.03 Å². The van der Waals surface area contributed by atoms with E-state index in [1.807, 2.05) is 31.2 Å². The minimum atomic E-state index is -0.315. The number of pyridine rings is 1. The number of benzene rings is 2. The normalized spacial score (nSPS) is 11.6. The Morgan fingerprint density at radius 2 is 1.70 bits per heavy atom. The summed E-state index contributed by atoms with van der Waals surface area (Å²) in [6.45, 7) is 1.99. The third-order valence-corrected chi connectivity index (χ3v) is 5.95. The summed E-state index contributed by atoms with van der Waals surface area (Å²) >= 11 is 0. The molecule has 0 bridgehead atoms. The maximum absolute atomic E-state index is 12.6. The number of aromatic nitrogens is 3. The van der Waals surface area contributed by atoms with Crippen molar-refractivity contribution in [3.63, 3.8) is 0 Å². The highest BCUT2D eigenvalue weighted by Gasteiger charge is 2.19. The highest BCUT2D eigenvalue weighted by Crippen LogP contribution is 2.43. The lowest BCUT2D eigenvalue weighted by Crippen LogP contribution is -2.36. The maximum atomic E-state index is 12.6. The van der Waals surface area contributed by atoms with Crippen LogP contribution in [0.25, 0.3) is 22.4 Å². The molecule has 2 N–H and O–H groups in total. The first-order valence-corrected chi connectivity index (χ1v) is 12.1. The number of nitrogens with one attached hydrogen (secondary N) is 2. The van der Waals surface area contributed by atoms with Gasteiger partial charge in [0.05, 0.1) is 33.2 Å². The number of anilines is 1. The van der Waals surface area contributed by atoms with Crippen LogP contribution in [0.5, 0.6) is 17.2 Å². The van der Waals surface area contributed by atoms with Gasteiger partial charge in [-0.05, 0) is 56.0 Å². The van der Waals surface area contributed by atoms with Crippen LogP contribution in [0.3, 0.4) is 0 Å². The van der Waals surface area contributed by atoms with Gasteiger partial charge in [0.2, 0.25) is 5.75 Å². The first-order valence-electron chi connectivity index (χ1n) is 12.1. The molecule has 2 aromatic heterocycles. The van der Waals surface area contributed by atoms with Crippen molar-refractivity contribution in [3.05, 3.63) is 66.4 Å². The minimum absolute atomic E-state index is 0.0214. The number of carbonyl (C=O) groups is 1. The first kappa shape index (κ1) is 25.7. The second kappa shape index (κ2) is 12.0. The molecule has 0 aliphatic heterocycles. The van der Waals surface area contributed by atoms with Crippen molar-refractivity contribution in [1.82, 2.24) is 20.3 Å². The van der Waals surface area contributed by atoms with E-state index < -0.39 is 0 Å². The molecule has 192 valence electrons. The quantitative estimate of drug-likeness (QED) is 0.306. The molecular formula is C28H31N5O4. The largest absolute Gasteiger partial charge is 0.493 e. The van der Waals surface area contributed by atoms with Crippen molar-refractivity contribution in [3.8, 4) is 28.5 Å². The molecule has 2 aromatic carbocycles. The number of ether oxygens (including phenoxy) is 3. The number of rotatable bonds is 10. The molecule has 0 aliphatic carbocycles. The van der Waals surface area contributed by atoms with Crippen LogP contribution in [0.2, 0.25) is 0 Å². The average Bonchev–Trinajstić information content (AvgIpc) is 2.92.